The Balaban J connectivity index is 2.24. The van der Waals surface area contributed by atoms with Crippen molar-refractivity contribution in [2.45, 2.75) is 33.4 Å². The van der Waals surface area contributed by atoms with Gasteiger partial charge >= 0.3 is 0 Å². The third-order valence-electron chi connectivity index (χ3n) is 3.52. The predicted molar refractivity (Wildman–Crippen MR) is 86.6 cm³/mol. The molecule has 2 aromatic rings. The average Bonchev–Trinajstić information content (AvgIpc) is 3.10. The summed E-state index contributed by atoms with van der Waals surface area (Å²) in [6.07, 6.45) is 3.11. The lowest BCUT2D eigenvalue weighted by Gasteiger charge is -2.14. The van der Waals surface area contributed by atoms with E-state index in [-0.39, 0.29) is 17.5 Å². The van der Waals surface area contributed by atoms with Crippen LogP contribution in [-0.4, -0.2) is 38.4 Å². The summed E-state index contributed by atoms with van der Waals surface area (Å²) in [6, 6.07) is -0.579. The molecule has 0 aliphatic rings. The van der Waals surface area contributed by atoms with Gasteiger partial charge in [-0.1, -0.05) is 11.6 Å². The normalized spacial score (nSPS) is 12.0. The molecule has 0 spiro atoms. The van der Waals surface area contributed by atoms with Crippen LogP contribution in [0.4, 0.5) is 5.69 Å². The summed E-state index contributed by atoms with van der Waals surface area (Å²) in [5.41, 5.74) is 1.23. The van der Waals surface area contributed by atoms with Crippen LogP contribution in [0.2, 0.25) is 5.02 Å². The fourth-order valence-corrected chi connectivity index (χ4v) is 2.23. The first kappa shape index (κ1) is 17.0. The number of hydrogen-bond donors (Lipinski definition) is 2. The molecule has 2 aromatic heterocycles. The molecule has 1 atom stereocenters. The van der Waals surface area contributed by atoms with Gasteiger partial charge < -0.3 is 10.6 Å². The second kappa shape index (κ2) is 6.82. The molecule has 23 heavy (non-hydrogen) atoms. The molecule has 0 saturated heterocycles. The summed E-state index contributed by atoms with van der Waals surface area (Å²) in [6.45, 7) is 5.97. The molecule has 0 aliphatic heterocycles. The zero-order chi connectivity index (χ0) is 17.1. The molecule has 0 saturated carbocycles. The van der Waals surface area contributed by atoms with Crippen LogP contribution in [0, 0.1) is 6.92 Å². The van der Waals surface area contributed by atoms with E-state index in [2.05, 4.69) is 20.8 Å². The van der Waals surface area contributed by atoms with Crippen molar-refractivity contribution in [3.63, 3.8) is 0 Å². The molecule has 0 bridgehead atoms. The first-order valence-corrected chi connectivity index (χ1v) is 7.56. The second-order valence-corrected chi connectivity index (χ2v) is 5.42. The van der Waals surface area contributed by atoms with Gasteiger partial charge in [-0.2, -0.15) is 10.2 Å². The summed E-state index contributed by atoms with van der Waals surface area (Å²) in [7, 11) is 1.51. The van der Waals surface area contributed by atoms with E-state index in [1.807, 2.05) is 6.92 Å². The van der Waals surface area contributed by atoms with Gasteiger partial charge in [-0.05, 0) is 20.8 Å². The quantitative estimate of drug-likeness (QED) is 0.866. The minimum absolute atomic E-state index is 0.171. The summed E-state index contributed by atoms with van der Waals surface area (Å²) in [4.78, 5) is 24.3. The third-order valence-corrected chi connectivity index (χ3v) is 3.89. The Labute approximate surface area is 138 Å². The van der Waals surface area contributed by atoms with Gasteiger partial charge in [0.05, 0.1) is 22.6 Å². The highest BCUT2D eigenvalue weighted by atomic mass is 35.5. The van der Waals surface area contributed by atoms with E-state index >= 15 is 0 Å². The minimum Gasteiger partial charge on any atom is -0.354 e. The van der Waals surface area contributed by atoms with Gasteiger partial charge in [0.2, 0.25) is 5.91 Å². The van der Waals surface area contributed by atoms with Crippen molar-refractivity contribution in [2.75, 3.05) is 12.4 Å². The number of rotatable bonds is 5. The number of halogens is 1. The van der Waals surface area contributed by atoms with E-state index in [1.165, 1.54) is 17.9 Å². The van der Waals surface area contributed by atoms with Gasteiger partial charge in [0, 0.05) is 19.8 Å². The number of carbonyl (C=O) groups excluding carboxylic acids is 2. The van der Waals surface area contributed by atoms with Crippen LogP contribution in [0.15, 0.2) is 12.4 Å². The van der Waals surface area contributed by atoms with E-state index in [4.69, 9.17) is 11.6 Å². The number of anilines is 1. The molecule has 0 aromatic carbocycles. The van der Waals surface area contributed by atoms with Crippen molar-refractivity contribution in [3.8, 4) is 0 Å². The van der Waals surface area contributed by atoms with E-state index in [0.29, 0.717) is 22.9 Å². The Hall–Kier alpha value is -2.35. The number of aromatic nitrogens is 4. The van der Waals surface area contributed by atoms with Gasteiger partial charge in [0.25, 0.3) is 5.91 Å². The zero-order valence-electron chi connectivity index (χ0n) is 13.4. The molecular weight excluding hydrogens is 320 g/mol. The highest BCUT2D eigenvalue weighted by molar-refractivity contribution is 6.31. The van der Waals surface area contributed by atoms with Crippen molar-refractivity contribution in [2.24, 2.45) is 0 Å². The fraction of sp³-hybridized carbons (Fsp3) is 0.429. The summed E-state index contributed by atoms with van der Waals surface area (Å²) in [5.74, 6) is -0.674. The minimum atomic E-state index is -0.579. The van der Waals surface area contributed by atoms with Crippen LogP contribution in [-0.2, 0) is 11.3 Å². The summed E-state index contributed by atoms with van der Waals surface area (Å²) >= 11 is 5.96. The lowest BCUT2D eigenvalue weighted by Crippen LogP contribution is -2.27. The van der Waals surface area contributed by atoms with Crippen molar-refractivity contribution < 1.29 is 9.59 Å². The number of hydrogen-bond acceptors (Lipinski definition) is 4. The Morgan fingerprint density at radius 3 is 2.65 bits per heavy atom. The van der Waals surface area contributed by atoms with Crippen LogP contribution >= 0.6 is 11.6 Å². The summed E-state index contributed by atoms with van der Waals surface area (Å²) in [5, 5.41) is 14.0. The molecule has 1 unspecified atom stereocenters. The lowest BCUT2D eigenvalue weighted by atomic mass is 10.2. The van der Waals surface area contributed by atoms with Crippen LogP contribution in [0.1, 0.15) is 36.1 Å². The Bertz CT molecular complexity index is 736. The highest BCUT2D eigenvalue weighted by Gasteiger charge is 2.22. The average molecular weight is 339 g/mol. The van der Waals surface area contributed by atoms with Crippen molar-refractivity contribution in [1.82, 2.24) is 24.9 Å². The number of nitrogens with one attached hydrogen (secondary N) is 2. The molecule has 124 valence electrons. The molecular formula is C14H19ClN6O2. The smallest absolute Gasteiger partial charge is 0.273 e. The second-order valence-electron chi connectivity index (χ2n) is 5.01. The topological polar surface area (TPSA) is 93.8 Å². The molecule has 2 N–H and O–H groups in total. The largest absolute Gasteiger partial charge is 0.354 e. The molecule has 2 rings (SSSR count). The maximum atomic E-state index is 12.5. The van der Waals surface area contributed by atoms with Crippen LogP contribution in [0.25, 0.3) is 0 Å². The van der Waals surface area contributed by atoms with E-state index < -0.39 is 6.04 Å². The predicted octanol–water partition coefficient (Wildman–Crippen LogP) is 1.62. The first-order valence-electron chi connectivity index (χ1n) is 7.19. The zero-order valence-corrected chi connectivity index (χ0v) is 14.2. The van der Waals surface area contributed by atoms with Gasteiger partial charge in [-0.3, -0.25) is 19.0 Å². The first-order chi connectivity index (χ1) is 10.9. The van der Waals surface area contributed by atoms with Crippen molar-refractivity contribution in [3.05, 3.63) is 28.8 Å². The van der Waals surface area contributed by atoms with Crippen LogP contribution < -0.4 is 10.6 Å². The standard InChI is InChI=1S/C14H19ClN6O2/c1-5-20-7-11(12(19-20)14(23)16-4)18-13(22)9(3)21-8(2)10(15)6-17-21/h6-7,9H,5H2,1-4H3,(H,16,23)(H,18,22). The van der Waals surface area contributed by atoms with E-state index in [9.17, 15) is 9.59 Å². The number of aryl methyl sites for hydroxylation is 1. The van der Waals surface area contributed by atoms with Crippen molar-refractivity contribution in [1.29, 1.82) is 0 Å². The molecule has 0 aliphatic carbocycles. The van der Waals surface area contributed by atoms with E-state index in [0.717, 1.165) is 0 Å². The van der Waals surface area contributed by atoms with E-state index in [1.54, 1.807) is 24.7 Å². The molecule has 0 radical (unpaired) electrons. The van der Waals surface area contributed by atoms with Gasteiger partial charge in [-0.25, -0.2) is 0 Å². The molecule has 8 nitrogen and oxygen atoms in total. The Morgan fingerprint density at radius 2 is 2.13 bits per heavy atom. The number of nitrogens with zero attached hydrogens (tertiary/aromatic N) is 4. The number of amides is 2. The lowest BCUT2D eigenvalue weighted by molar-refractivity contribution is -0.119. The highest BCUT2D eigenvalue weighted by Crippen LogP contribution is 2.20. The monoisotopic (exact) mass is 338 g/mol. The maximum absolute atomic E-state index is 12.5. The van der Waals surface area contributed by atoms with Gasteiger partial charge in [0.1, 0.15) is 6.04 Å². The fourth-order valence-electron chi connectivity index (χ4n) is 2.10. The molecule has 2 heterocycles. The Morgan fingerprint density at radius 1 is 1.43 bits per heavy atom. The van der Waals surface area contributed by atoms with Gasteiger partial charge in [0.15, 0.2) is 5.69 Å². The molecule has 9 heteroatoms. The van der Waals surface area contributed by atoms with Gasteiger partial charge in [-0.15, -0.1) is 0 Å². The molecule has 2 amide bonds. The summed E-state index contributed by atoms with van der Waals surface area (Å²) < 4.78 is 3.11. The van der Waals surface area contributed by atoms with Crippen LogP contribution in [0.3, 0.4) is 0 Å². The molecule has 0 fully saturated rings. The third kappa shape index (κ3) is 3.37. The Kier molecular flexibility index (Phi) is 5.05. The SMILES string of the molecule is CCn1cc(NC(=O)C(C)n2ncc(Cl)c2C)c(C(=O)NC)n1. The van der Waals surface area contributed by atoms with Crippen molar-refractivity contribution >= 4 is 29.1 Å². The maximum Gasteiger partial charge on any atom is 0.273 e. The van der Waals surface area contributed by atoms with Crippen LogP contribution in [0.5, 0.6) is 0 Å². The number of carbonyl (C=O) groups is 2.